The molecule has 0 saturated carbocycles. The first kappa shape index (κ1) is 20.6. The molecule has 29 heavy (non-hydrogen) atoms. The van der Waals surface area contributed by atoms with E-state index >= 15 is 0 Å². The molecule has 2 N–H and O–H groups in total. The van der Waals surface area contributed by atoms with Gasteiger partial charge in [0.05, 0.1) is 15.4 Å². The zero-order chi connectivity index (χ0) is 21.1. The molecule has 1 aromatic carbocycles. The molecule has 1 fully saturated rings. The summed E-state index contributed by atoms with van der Waals surface area (Å²) in [5, 5.41) is 29.6. The number of non-ortho nitro benzene ring substituents is 1. The lowest BCUT2D eigenvalue weighted by molar-refractivity contribution is -0.384. The largest absolute Gasteiger partial charge is 0.507 e. The highest BCUT2D eigenvalue weighted by Crippen LogP contribution is 2.36. The SMILES string of the molecule is O=C(O)CCCN1C(=O)/C(=C\c2ccc(-c3cc([N+](=O)[O-])ccc3O)o2)SC1=S. The first-order valence-corrected chi connectivity index (χ1v) is 9.53. The van der Waals surface area contributed by atoms with Crippen molar-refractivity contribution in [3.05, 3.63) is 51.1 Å². The lowest BCUT2D eigenvalue weighted by Gasteiger charge is -2.13. The predicted molar refractivity (Wildman–Crippen MR) is 109 cm³/mol. The Morgan fingerprint density at radius 1 is 1.34 bits per heavy atom. The van der Waals surface area contributed by atoms with Gasteiger partial charge in [0.1, 0.15) is 21.6 Å². The Labute approximate surface area is 173 Å². The lowest BCUT2D eigenvalue weighted by atomic mass is 10.1. The molecule has 1 aliphatic rings. The van der Waals surface area contributed by atoms with E-state index in [0.29, 0.717) is 15.0 Å². The Bertz CT molecular complexity index is 1040. The van der Waals surface area contributed by atoms with Crippen LogP contribution in [-0.2, 0) is 9.59 Å². The quantitative estimate of drug-likeness (QED) is 0.290. The van der Waals surface area contributed by atoms with Crippen LogP contribution < -0.4 is 0 Å². The van der Waals surface area contributed by atoms with Crippen LogP contribution in [0.1, 0.15) is 18.6 Å². The van der Waals surface area contributed by atoms with Crippen LogP contribution in [0.2, 0.25) is 0 Å². The number of rotatable bonds is 7. The number of furan rings is 1. The average Bonchev–Trinajstić information content (AvgIpc) is 3.21. The maximum Gasteiger partial charge on any atom is 0.303 e. The van der Waals surface area contributed by atoms with Gasteiger partial charge in [-0.25, -0.2) is 0 Å². The van der Waals surface area contributed by atoms with E-state index in [1.165, 1.54) is 35.2 Å². The number of aliphatic carboxylic acids is 1. The number of carbonyl (C=O) groups is 2. The third kappa shape index (κ3) is 4.63. The number of hydrogen-bond donors (Lipinski definition) is 2. The Balaban J connectivity index is 1.79. The summed E-state index contributed by atoms with van der Waals surface area (Å²) < 4.78 is 5.94. The summed E-state index contributed by atoms with van der Waals surface area (Å²) in [7, 11) is 0. The molecule has 1 amide bonds. The van der Waals surface area contributed by atoms with Crippen molar-refractivity contribution in [2.45, 2.75) is 12.8 Å². The number of phenols is 1. The third-order valence-electron chi connectivity index (χ3n) is 4.00. The van der Waals surface area contributed by atoms with E-state index in [0.717, 1.165) is 11.8 Å². The molecule has 2 heterocycles. The molecule has 11 heteroatoms. The fraction of sp³-hybridized carbons (Fsp3) is 0.167. The van der Waals surface area contributed by atoms with Gasteiger partial charge < -0.3 is 14.6 Å². The van der Waals surface area contributed by atoms with Crippen molar-refractivity contribution in [1.82, 2.24) is 4.90 Å². The van der Waals surface area contributed by atoms with Gasteiger partial charge in [0, 0.05) is 31.2 Å². The molecule has 0 aliphatic carbocycles. The molecule has 1 saturated heterocycles. The first-order valence-electron chi connectivity index (χ1n) is 8.31. The fourth-order valence-corrected chi connectivity index (χ4v) is 3.91. The smallest absolute Gasteiger partial charge is 0.303 e. The van der Waals surface area contributed by atoms with Crippen molar-refractivity contribution < 1.29 is 29.1 Å². The van der Waals surface area contributed by atoms with Crippen LogP contribution >= 0.6 is 24.0 Å². The molecule has 0 spiro atoms. The molecule has 150 valence electrons. The first-order chi connectivity index (χ1) is 13.8. The zero-order valence-electron chi connectivity index (χ0n) is 14.7. The molecule has 0 unspecified atom stereocenters. The van der Waals surface area contributed by atoms with Crippen molar-refractivity contribution in [3.63, 3.8) is 0 Å². The summed E-state index contributed by atoms with van der Waals surface area (Å²) in [5.74, 6) is -0.965. The minimum absolute atomic E-state index is 0.0651. The second-order valence-corrected chi connectivity index (χ2v) is 7.67. The molecule has 1 aliphatic heterocycles. The number of carboxylic acid groups (broad SMARTS) is 1. The maximum atomic E-state index is 12.5. The Morgan fingerprint density at radius 3 is 2.79 bits per heavy atom. The number of benzene rings is 1. The topological polar surface area (TPSA) is 134 Å². The Kier molecular flexibility index (Phi) is 5.99. The second kappa shape index (κ2) is 8.45. The zero-order valence-corrected chi connectivity index (χ0v) is 16.4. The molecule has 9 nitrogen and oxygen atoms in total. The van der Waals surface area contributed by atoms with E-state index < -0.39 is 10.9 Å². The number of hydrogen-bond acceptors (Lipinski definition) is 8. The van der Waals surface area contributed by atoms with Gasteiger partial charge in [0.2, 0.25) is 0 Å². The van der Waals surface area contributed by atoms with Crippen LogP contribution in [0.15, 0.2) is 39.7 Å². The van der Waals surface area contributed by atoms with Crippen molar-refractivity contribution in [2.24, 2.45) is 0 Å². The van der Waals surface area contributed by atoms with Gasteiger partial charge in [-0.15, -0.1) is 0 Å². The normalized spacial score (nSPS) is 15.3. The molecule has 0 bridgehead atoms. The van der Waals surface area contributed by atoms with Crippen LogP contribution in [0.5, 0.6) is 5.75 Å². The number of nitro groups is 1. The van der Waals surface area contributed by atoms with E-state index in [1.54, 1.807) is 6.07 Å². The van der Waals surface area contributed by atoms with Gasteiger partial charge >= 0.3 is 5.97 Å². The van der Waals surface area contributed by atoms with E-state index in [-0.39, 0.29) is 48.1 Å². The number of phenolic OH excluding ortho intramolecular Hbond substituents is 1. The molecule has 0 radical (unpaired) electrons. The molecular formula is C18H14N2O7S2. The summed E-state index contributed by atoms with van der Waals surface area (Å²) in [6.45, 7) is 0.208. The van der Waals surface area contributed by atoms with Gasteiger partial charge in [-0.1, -0.05) is 24.0 Å². The summed E-state index contributed by atoms with van der Waals surface area (Å²) in [4.78, 5) is 35.1. The number of thiocarbonyl (C=S) groups is 1. The minimum atomic E-state index is -0.946. The van der Waals surface area contributed by atoms with E-state index in [9.17, 15) is 24.8 Å². The van der Waals surface area contributed by atoms with Crippen LogP contribution in [-0.4, -0.2) is 42.8 Å². The standard InChI is InChI=1S/C18H14N2O7S2/c21-13-5-3-10(20(25)26)8-12(13)14-6-4-11(27-14)9-15-17(24)19(18(28)29-15)7-1-2-16(22)23/h3-6,8-9,21H,1-2,7H2,(H,22,23)/b15-9+. The van der Waals surface area contributed by atoms with Crippen LogP contribution in [0, 0.1) is 10.1 Å². The highest BCUT2D eigenvalue weighted by Gasteiger charge is 2.32. The Morgan fingerprint density at radius 2 is 2.10 bits per heavy atom. The van der Waals surface area contributed by atoms with Crippen LogP contribution in [0.3, 0.4) is 0 Å². The summed E-state index contributed by atoms with van der Waals surface area (Å²) in [5.41, 5.74) is -0.0435. The number of carboxylic acids is 1. The second-order valence-electron chi connectivity index (χ2n) is 5.99. The van der Waals surface area contributed by atoms with E-state index in [2.05, 4.69) is 0 Å². The third-order valence-corrected chi connectivity index (χ3v) is 5.38. The van der Waals surface area contributed by atoms with Gasteiger partial charge in [-0.3, -0.25) is 24.6 Å². The summed E-state index contributed by atoms with van der Waals surface area (Å²) in [6, 6.07) is 6.67. The lowest BCUT2D eigenvalue weighted by Crippen LogP contribution is -2.29. The van der Waals surface area contributed by atoms with Gasteiger partial charge in [0.15, 0.2) is 0 Å². The Hall–Kier alpha value is -3.18. The van der Waals surface area contributed by atoms with Gasteiger partial charge in [0.25, 0.3) is 11.6 Å². The summed E-state index contributed by atoms with van der Waals surface area (Å²) >= 11 is 6.25. The minimum Gasteiger partial charge on any atom is -0.507 e. The van der Waals surface area contributed by atoms with E-state index in [4.69, 9.17) is 21.7 Å². The highest BCUT2D eigenvalue weighted by molar-refractivity contribution is 8.26. The molecule has 1 aromatic heterocycles. The molecule has 2 aromatic rings. The fourth-order valence-electron chi connectivity index (χ4n) is 2.62. The van der Waals surface area contributed by atoms with E-state index in [1.807, 2.05) is 0 Å². The molecule has 0 atom stereocenters. The highest BCUT2D eigenvalue weighted by atomic mass is 32.2. The van der Waals surface area contributed by atoms with Crippen molar-refractivity contribution in [3.8, 4) is 17.1 Å². The van der Waals surface area contributed by atoms with Crippen molar-refractivity contribution in [2.75, 3.05) is 6.54 Å². The molecular weight excluding hydrogens is 420 g/mol. The predicted octanol–water partition coefficient (Wildman–Crippen LogP) is 3.63. The number of amides is 1. The number of nitro benzene ring substituents is 1. The number of thioether (sulfide) groups is 1. The maximum absolute atomic E-state index is 12.5. The monoisotopic (exact) mass is 434 g/mol. The molecule has 3 rings (SSSR count). The number of carbonyl (C=O) groups excluding carboxylic acids is 1. The average molecular weight is 434 g/mol. The number of nitrogens with zero attached hydrogens (tertiary/aromatic N) is 2. The van der Waals surface area contributed by atoms with Crippen molar-refractivity contribution in [1.29, 1.82) is 0 Å². The number of aromatic hydroxyl groups is 1. The summed E-state index contributed by atoms with van der Waals surface area (Å²) in [6.07, 6.45) is 1.70. The van der Waals surface area contributed by atoms with Gasteiger partial charge in [-0.2, -0.15) is 0 Å². The van der Waals surface area contributed by atoms with Crippen molar-refractivity contribution >= 4 is 51.9 Å². The van der Waals surface area contributed by atoms with Crippen LogP contribution in [0.25, 0.3) is 17.4 Å². The van der Waals surface area contributed by atoms with Gasteiger partial charge in [-0.05, 0) is 24.6 Å². The van der Waals surface area contributed by atoms with Crippen LogP contribution in [0.4, 0.5) is 5.69 Å².